The second kappa shape index (κ2) is 8.94. The quantitative estimate of drug-likeness (QED) is 0.694. The minimum Gasteiger partial charge on any atom is -0.491 e. The van der Waals surface area contributed by atoms with Gasteiger partial charge in [-0.25, -0.2) is 0 Å². The number of ether oxygens (including phenoxy) is 2. The molecule has 1 aromatic carbocycles. The van der Waals surface area contributed by atoms with E-state index in [-0.39, 0.29) is 0 Å². The second-order valence-corrected chi connectivity index (χ2v) is 5.17. The lowest BCUT2D eigenvalue weighted by atomic mass is 10.1. The monoisotopic (exact) mass is 265 g/mol. The summed E-state index contributed by atoms with van der Waals surface area (Å²) in [5.41, 5.74) is 1.28. The number of benzene rings is 1. The minimum atomic E-state index is 0.383. The molecule has 0 saturated heterocycles. The van der Waals surface area contributed by atoms with Crippen molar-refractivity contribution < 1.29 is 9.47 Å². The number of hydrogen-bond donors (Lipinski definition) is 1. The van der Waals surface area contributed by atoms with Gasteiger partial charge in [0.1, 0.15) is 12.4 Å². The number of rotatable bonds is 9. The molecule has 1 aromatic rings. The van der Waals surface area contributed by atoms with Gasteiger partial charge in [-0.15, -0.1) is 0 Å². The zero-order chi connectivity index (χ0) is 14.1. The summed E-state index contributed by atoms with van der Waals surface area (Å²) < 4.78 is 11.1. The van der Waals surface area contributed by atoms with Crippen LogP contribution < -0.4 is 10.1 Å². The molecule has 19 heavy (non-hydrogen) atoms. The van der Waals surface area contributed by atoms with Crippen molar-refractivity contribution >= 4 is 0 Å². The lowest BCUT2D eigenvalue weighted by Crippen LogP contribution is -2.17. The first kappa shape index (κ1) is 16.0. The van der Waals surface area contributed by atoms with Gasteiger partial charge in [0.2, 0.25) is 0 Å². The summed E-state index contributed by atoms with van der Waals surface area (Å²) in [6, 6.07) is 8.64. The Bertz CT molecular complexity index is 335. The highest BCUT2D eigenvalue weighted by Crippen LogP contribution is 2.17. The van der Waals surface area contributed by atoms with Crippen LogP contribution in [0.2, 0.25) is 0 Å². The van der Waals surface area contributed by atoms with Crippen molar-refractivity contribution in [3.05, 3.63) is 29.8 Å². The molecule has 1 atom stereocenters. The van der Waals surface area contributed by atoms with Gasteiger partial charge in [-0.3, -0.25) is 0 Å². The van der Waals surface area contributed by atoms with Crippen molar-refractivity contribution in [2.24, 2.45) is 5.92 Å². The Kier molecular flexibility index (Phi) is 7.53. The molecule has 0 fully saturated rings. The van der Waals surface area contributed by atoms with Gasteiger partial charge < -0.3 is 14.8 Å². The van der Waals surface area contributed by atoms with E-state index in [1.807, 2.05) is 12.1 Å². The topological polar surface area (TPSA) is 30.5 Å². The molecular formula is C16H27NO2. The lowest BCUT2D eigenvalue weighted by Gasteiger charge is -2.13. The van der Waals surface area contributed by atoms with E-state index in [4.69, 9.17) is 9.47 Å². The Balaban J connectivity index is 2.28. The van der Waals surface area contributed by atoms with Gasteiger partial charge in [0.05, 0.1) is 6.61 Å². The molecule has 0 aliphatic rings. The van der Waals surface area contributed by atoms with Crippen molar-refractivity contribution in [1.29, 1.82) is 0 Å². The van der Waals surface area contributed by atoms with E-state index >= 15 is 0 Å². The molecule has 0 heterocycles. The van der Waals surface area contributed by atoms with Gasteiger partial charge in [0.15, 0.2) is 0 Å². The van der Waals surface area contributed by atoms with Crippen LogP contribution in [-0.2, 0) is 4.74 Å². The van der Waals surface area contributed by atoms with E-state index in [0.717, 1.165) is 18.9 Å². The summed E-state index contributed by atoms with van der Waals surface area (Å²) in [7, 11) is 0. The fourth-order valence-corrected chi connectivity index (χ4v) is 1.81. The van der Waals surface area contributed by atoms with Crippen LogP contribution in [-0.4, -0.2) is 26.4 Å². The summed E-state index contributed by atoms with van der Waals surface area (Å²) in [5.74, 6) is 1.48. The Hall–Kier alpha value is -1.06. The molecule has 0 aromatic heterocycles. The first-order valence-electron chi connectivity index (χ1n) is 7.17. The molecule has 0 aliphatic carbocycles. The Morgan fingerprint density at radius 2 is 1.74 bits per heavy atom. The van der Waals surface area contributed by atoms with Gasteiger partial charge in [0, 0.05) is 12.6 Å². The predicted molar refractivity (Wildman–Crippen MR) is 79.7 cm³/mol. The van der Waals surface area contributed by atoms with E-state index in [2.05, 4.69) is 45.1 Å². The highest BCUT2D eigenvalue weighted by atomic mass is 16.5. The van der Waals surface area contributed by atoms with Crippen LogP contribution in [0.1, 0.15) is 39.3 Å². The average Bonchev–Trinajstić information content (AvgIpc) is 2.39. The molecular weight excluding hydrogens is 238 g/mol. The van der Waals surface area contributed by atoms with Gasteiger partial charge in [-0.2, -0.15) is 0 Å². The average molecular weight is 265 g/mol. The van der Waals surface area contributed by atoms with Crippen molar-refractivity contribution in [3.63, 3.8) is 0 Å². The smallest absolute Gasteiger partial charge is 0.119 e. The second-order valence-electron chi connectivity index (χ2n) is 5.17. The van der Waals surface area contributed by atoms with Crippen LogP contribution in [0.3, 0.4) is 0 Å². The van der Waals surface area contributed by atoms with Crippen molar-refractivity contribution in [2.45, 2.75) is 33.7 Å². The fraction of sp³-hybridized carbons (Fsp3) is 0.625. The number of nitrogens with one attached hydrogen (secondary N) is 1. The third kappa shape index (κ3) is 6.60. The van der Waals surface area contributed by atoms with Crippen molar-refractivity contribution in [1.82, 2.24) is 5.32 Å². The third-order valence-corrected chi connectivity index (χ3v) is 2.84. The summed E-state index contributed by atoms with van der Waals surface area (Å²) in [5, 5.41) is 3.39. The molecule has 3 heteroatoms. The molecule has 0 aliphatic heterocycles. The molecule has 0 radical (unpaired) electrons. The van der Waals surface area contributed by atoms with Crippen LogP contribution in [0.5, 0.6) is 5.75 Å². The Morgan fingerprint density at radius 1 is 1.05 bits per heavy atom. The van der Waals surface area contributed by atoms with E-state index < -0.39 is 0 Å². The van der Waals surface area contributed by atoms with E-state index in [0.29, 0.717) is 25.2 Å². The van der Waals surface area contributed by atoms with E-state index in [1.54, 1.807) is 0 Å². The number of hydrogen-bond acceptors (Lipinski definition) is 3. The van der Waals surface area contributed by atoms with E-state index in [9.17, 15) is 0 Å². The summed E-state index contributed by atoms with van der Waals surface area (Å²) >= 11 is 0. The molecule has 108 valence electrons. The van der Waals surface area contributed by atoms with Crippen LogP contribution in [0.25, 0.3) is 0 Å². The first-order chi connectivity index (χ1) is 9.13. The molecule has 1 unspecified atom stereocenters. The maximum absolute atomic E-state index is 5.64. The largest absolute Gasteiger partial charge is 0.491 e. The highest BCUT2D eigenvalue weighted by Gasteiger charge is 2.03. The fourth-order valence-electron chi connectivity index (χ4n) is 1.81. The summed E-state index contributed by atoms with van der Waals surface area (Å²) in [6.07, 6.45) is 0. The van der Waals surface area contributed by atoms with E-state index in [1.165, 1.54) is 5.56 Å². The lowest BCUT2D eigenvalue weighted by molar-refractivity contribution is 0.0819. The van der Waals surface area contributed by atoms with Crippen LogP contribution in [0.4, 0.5) is 0 Å². The van der Waals surface area contributed by atoms with Crippen molar-refractivity contribution in [2.75, 3.05) is 26.4 Å². The normalized spacial score (nSPS) is 12.7. The highest BCUT2D eigenvalue weighted by molar-refractivity contribution is 5.28. The molecule has 3 nitrogen and oxygen atoms in total. The predicted octanol–water partition coefficient (Wildman–Crippen LogP) is 3.41. The maximum atomic E-state index is 5.64. The zero-order valence-corrected chi connectivity index (χ0v) is 12.6. The minimum absolute atomic E-state index is 0.383. The molecule has 0 bridgehead atoms. The molecule has 0 spiro atoms. The van der Waals surface area contributed by atoms with Crippen molar-refractivity contribution in [3.8, 4) is 5.75 Å². The SMILES string of the molecule is CCNC(C)c1ccc(OCCOCC(C)C)cc1. The Morgan fingerprint density at radius 3 is 2.32 bits per heavy atom. The Labute approximate surface area is 117 Å². The van der Waals surface area contributed by atoms with Gasteiger partial charge in [-0.1, -0.05) is 32.9 Å². The maximum Gasteiger partial charge on any atom is 0.119 e. The van der Waals surface area contributed by atoms with Gasteiger partial charge in [-0.05, 0) is 37.1 Å². The molecule has 0 amide bonds. The standard InChI is InChI=1S/C16H27NO2/c1-5-17-14(4)15-6-8-16(9-7-15)19-11-10-18-12-13(2)3/h6-9,13-14,17H,5,10-12H2,1-4H3. The van der Waals surface area contributed by atoms with Crippen LogP contribution in [0.15, 0.2) is 24.3 Å². The molecule has 1 rings (SSSR count). The molecule has 1 N–H and O–H groups in total. The van der Waals surface area contributed by atoms with Gasteiger partial charge in [0.25, 0.3) is 0 Å². The van der Waals surface area contributed by atoms with Crippen LogP contribution >= 0.6 is 0 Å². The van der Waals surface area contributed by atoms with Gasteiger partial charge >= 0.3 is 0 Å². The zero-order valence-electron chi connectivity index (χ0n) is 12.6. The summed E-state index contributed by atoms with van der Waals surface area (Å²) in [6.45, 7) is 11.6. The van der Waals surface area contributed by atoms with Crippen LogP contribution in [0, 0.1) is 5.92 Å². The first-order valence-corrected chi connectivity index (χ1v) is 7.17. The third-order valence-electron chi connectivity index (χ3n) is 2.84. The molecule has 0 saturated carbocycles. The summed E-state index contributed by atoms with van der Waals surface area (Å²) in [4.78, 5) is 0.